The number of nitrogens with one attached hydrogen (secondary N) is 2. The third-order valence-electron chi connectivity index (χ3n) is 3.62. The van der Waals surface area contributed by atoms with Gasteiger partial charge in [-0.05, 0) is 29.7 Å². The fraction of sp³-hybridized carbons (Fsp3) is 0.222. The highest BCUT2D eigenvalue weighted by atomic mass is 16.5. The molecule has 0 fully saturated rings. The quantitative estimate of drug-likeness (QED) is 0.886. The number of carbonyl (C=O) groups excluding carboxylic acids is 2. The zero-order valence-corrected chi connectivity index (χ0v) is 12.7. The Morgan fingerprint density at radius 1 is 1.13 bits per heavy atom. The molecule has 0 radical (unpaired) electrons. The first-order valence-electron chi connectivity index (χ1n) is 7.57. The molecule has 0 bridgehead atoms. The van der Waals surface area contributed by atoms with Gasteiger partial charge in [0.2, 0.25) is 5.91 Å². The first kappa shape index (κ1) is 15.1. The summed E-state index contributed by atoms with van der Waals surface area (Å²) in [5, 5.41) is 5.65. The third-order valence-corrected chi connectivity index (χ3v) is 3.62. The molecule has 1 heterocycles. The van der Waals surface area contributed by atoms with Crippen LogP contribution in [0.4, 0.5) is 5.69 Å². The Labute approximate surface area is 134 Å². The Bertz CT molecular complexity index is 713. The SMILES string of the molecule is O=C(Cc1ccc2c(c1)NC(=O)CO2)NCCc1ccccc1. The van der Waals surface area contributed by atoms with Gasteiger partial charge in [0.05, 0.1) is 12.1 Å². The van der Waals surface area contributed by atoms with Gasteiger partial charge in [-0.3, -0.25) is 9.59 Å². The molecule has 2 aromatic rings. The van der Waals surface area contributed by atoms with Crippen LogP contribution in [0.3, 0.4) is 0 Å². The predicted molar refractivity (Wildman–Crippen MR) is 87.4 cm³/mol. The van der Waals surface area contributed by atoms with E-state index in [1.807, 2.05) is 36.4 Å². The van der Waals surface area contributed by atoms with Crippen LogP contribution in [0.15, 0.2) is 48.5 Å². The van der Waals surface area contributed by atoms with Gasteiger partial charge < -0.3 is 15.4 Å². The molecule has 0 saturated heterocycles. The maximum Gasteiger partial charge on any atom is 0.262 e. The van der Waals surface area contributed by atoms with Crippen molar-refractivity contribution in [1.82, 2.24) is 5.32 Å². The number of amides is 2. The molecule has 0 spiro atoms. The Hall–Kier alpha value is -2.82. The van der Waals surface area contributed by atoms with Crippen LogP contribution in [-0.4, -0.2) is 25.0 Å². The molecule has 1 aliphatic rings. The Morgan fingerprint density at radius 2 is 1.96 bits per heavy atom. The number of ether oxygens (including phenoxy) is 1. The van der Waals surface area contributed by atoms with Gasteiger partial charge in [0.25, 0.3) is 5.91 Å². The third kappa shape index (κ3) is 4.10. The molecular weight excluding hydrogens is 292 g/mol. The number of benzene rings is 2. The van der Waals surface area contributed by atoms with Crippen molar-refractivity contribution in [2.45, 2.75) is 12.8 Å². The van der Waals surface area contributed by atoms with Crippen molar-refractivity contribution in [3.05, 3.63) is 59.7 Å². The van der Waals surface area contributed by atoms with E-state index in [4.69, 9.17) is 4.74 Å². The number of hydrogen-bond donors (Lipinski definition) is 2. The van der Waals surface area contributed by atoms with Crippen molar-refractivity contribution in [2.75, 3.05) is 18.5 Å². The molecule has 2 aromatic carbocycles. The van der Waals surface area contributed by atoms with Gasteiger partial charge in [-0.15, -0.1) is 0 Å². The first-order chi connectivity index (χ1) is 11.2. The van der Waals surface area contributed by atoms with Crippen LogP contribution in [0.5, 0.6) is 5.75 Å². The first-order valence-corrected chi connectivity index (χ1v) is 7.57. The van der Waals surface area contributed by atoms with E-state index in [0.29, 0.717) is 18.0 Å². The Kier molecular flexibility index (Phi) is 4.57. The van der Waals surface area contributed by atoms with Crippen LogP contribution in [0.1, 0.15) is 11.1 Å². The summed E-state index contributed by atoms with van der Waals surface area (Å²) in [6.07, 6.45) is 1.08. The number of rotatable bonds is 5. The average molecular weight is 310 g/mol. The maximum atomic E-state index is 12.0. The highest BCUT2D eigenvalue weighted by molar-refractivity contribution is 5.95. The van der Waals surface area contributed by atoms with Gasteiger partial charge in [-0.1, -0.05) is 36.4 Å². The minimum Gasteiger partial charge on any atom is -0.482 e. The zero-order valence-electron chi connectivity index (χ0n) is 12.7. The highest BCUT2D eigenvalue weighted by Crippen LogP contribution is 2.28. The molecular formula is C18H18N2O3. The summed E-state index contributed by atoms with van der Waals surface area (Å²) in [5.41, 5.74) is 2.66. The van der Waals surface area contributed by atoms with E-state index in [1.54, 1.807) is 12.1 Å². The van der Waals surface area contributed by atoms with E-state index < -0.39 is 0 Å². The number of fused-ring (bicyclic) bond motifs is 1. The lowest BCUT2D eigenvalue weighted by molar-refractivity contribution is -0.120. The minimum atomic E-state index is -0.179. The van der Waals surface area contributed by atoms with E-state index in [2.05, 4.69) is 10.6 Å². The van der Waals surface area contributed by atoms with Crippen LogP contribution in [0.2, 0.25) is 0 Å². The summed E-state index contributed by atoms with van der Waals surface area (Å²) >= 11 is 0. The molecule has 0 aromatic heterocycles. The minimum absolute atomic E-state index is 0.0340. The van der Waals surface area contributed by atoms with Crippen LogP contribution < -0.4 is 15.4 Å². The second-order valence-electron chi connectivity index (χ2n) is 5.43. The van der Waals surface area contributed by atoms with Crippen molar-refractivity contribution in [3.63, 3.8) is 0 Å². The van der Waals surface area contributed by atoms with E-state index >= 15 is 0 Å². The Balaban J connectivity index is 1.52. The molecule has 2 N–H and O–H groups in total. The average Bonchev–Trinajstić information content (AvgIpc) is 2.55. The summed E-state index contributed by atoms with van der Waals surface area (Å²) < 4.78 is 5.30. The topological polar surface area (TPSA) is 67.4 Å². The zero-order chi connectivity index (χ0) is 16.1. The van der Waals surface area contributed by atoms with Crippen LogP contribution in [-0.2, 0) is 22.4 Å². The van der Waals surface area contributed by atoms with Crippen molar-refractivity contribution < 1.29 is 14.3 Å². The smallest absolute Gasteiger partial charge is 0.262 e. The normalized spacial score (nSPS) is 12.8. The standard InChI is InChI=1S/C18H18N2O3/c21-17(19-9-8-13-4-2-1-3-5-13)11-14-6-7-16-15(10-14)20-18(22)12-23-16/h1-7,10H,8-9,11-12H2,(H,19,21)(H,20,22). The number of carbonyl (C=O) groups is 2. The molecule has 5 nitrogen and oxygen atoms in total. The lowest BCUT2D eigenvalue weighted by Gasteiger charge is -2.18. The van der Waals surface area contributed by atoms with Crippen molar-refractivity contribution in [1.29, 1.82) is 0 Å². The maximum absolute atomic E-state index is 12.0. The van der Waals surface area contributed by atoms with Gasteiger partial charge in [0, 0.05) is 6.54 Å². The lowest BCUT2D eigenvalue weighted by Crippen LogP contribution is -2.28. The van der Waals surface area contributed by atoms with Crippen LogP contribution >= 0.6 is 0 Å². The Morgan fingerprint density at radius 3 is 2.78 bits per heavy atom. The number of hydrogen-bond acceptors (Lipinski definition) is 3. The summed E-state index contributed by atoms with van der Waals surface area (Å²) in [4.78, 5) is 23.3. The molecule has 0 aliphatic carbocycles. The largest absolute Gasteiger partial charge is 0.482 e. The van der Waals surface area contributed by atoms with Gasteiger partial charge in [0.1, 0.15) is 5.75 Å². The fourth-order valence-corrected chi connectivity index (χ4v) is 2.48. The van der Waals surface area contributed by atoms with Gasteiger partial charge in [-0.25, -0.2) is 0 Å². The van der Waals surface area contributed by atoms with E-state index in [-0.39, 0.29) is 24.8 Å². The fourth-order valence-electron chi connectivity index (χ4n) is 2.48. The molecule has 0 atom stereocenters. The summed E-state index contributed by atoms with van der Waals surface area (Å²) in [6, 6.07) is 15.4. The van der Waals surface area contributed by atoms with Crippen LogP contribution in [0.25, 0.3) is 0 Å². The number of anilines is 1. The molecule has 0 saturated carbocycles. The monoisotopic (exact) mass is 310 g/mol. The van der Waals surface area contributed by atoms with E-state index in [0.717, 1.165) is 12.0 Å². The molecule has 3 rings (SSSR count). The van der Waals surface area contributed by atoms with Crippen LogP contribution in [0, 0.1) is 0 Å². The van der Waals surface area contributed by atoms with E-state index in [1.165, 1.54) is 5.56 Å². The van der Waals surface area contributed by atoms with Gasteiger partial charge in [0.15, 0.2) is 6.61 Å². The van der Waals surface area contributed by atoms with Crippen molar-refractivity contribution in [2.24, 2.45) is 0 Å². The summed E-state index contributed by atoms with van der Waals surface area (Å²) in [6.45, 7) is 0.639. The lowest BCUT2D eigenvalue weighted by atomic mass is 10.1. The summed E-state index contributed by atoms with van der Waals surface area (Å²) in [5.74, 6) is 0.420. The molecule has 118 valence electrons. The van der Waals surface area contributed by atoms with Gasteiger partial charge in [-0.2, -0.15) is 0 Å². The highest BCUT2D eigenvalue weighted by Gasteiger charge is 2.16. The van der Waals surface area contributed by atoms with Crippen molar-refractivity contribution in [3.8, 4) is 5.75 Å². The molecule has 5 heteroatoms. The molecule has 0 unspecified atom stereocenters. The molecule has 1 aliphatic heterocycles. The van der Waals surface area contributed by atoms with Crippen molar-refractivity contribution >= 4 is 17.5 Å². The summed E-state index contributed by atoms with van der Waals surface area (Å²) in [7, 11) is 0. The predicted octanol–water partition coefficient (Wildman–Crippen LogP) is 1.92. The van der Waals surface area contributed by atoms with Gasteiger partial charge >= 0.3 is 0 Å². The second-order valence-corrected chi connectivity index (χ2v) is 5.43. The second kappa shape index (κ2) is 6.96. The molecule has 2 amide bonds. The molecule has 23 heavy (non-hydrogen) atoms. The van der Waals surface area contributed by atoms with E-state index in [9.17, 15) is 9.59 Å².